The predicted molar refractivity (Wildman–Crippen MR) is 141 cm³/mol. The van der Waals surface area contributed by atoms with Gasteiger partial charge in [-0.05, 0) is 42.8 Å². The molecule has 0 unspecified atom stereocenters. The Bertz CT molecular complexity index is 1230. The molecule has 0 radical (unpaired) electrons. The maximum absolute atomic E-state index is 13.7. The van der Waals surface area contributed by atoms with Gasteiger partial charge in [0.25, 0.3) is 11.5 Å². The Hall–Kier alpha value is -3.65. The fourth-order valence-corrected chi connectivity index (χ4v) is 4.01. The minimum absolute atomic E-state index is 0.00497. The molecule has 8 nitrogen and oxygen atoms in total. The van der Waals surface area contributed by atoms with Crippen LogP contribution in [0, 0.1) is 0 Å². The minimum Gasteiger partial charge on any atom is -0.383 e. The lowest BCUT2D eigenvalue weighted by Crippen LogP contribution is -2.41. The van der Waals surface area contributed by atoms with E-state index >= 15 is 0 Å². The maximum atomic E-state index is 13.7. The second-order valence-electron chi connectivity index (χ2n) is 8.53. The third-order valence-electron chi connectivity index (χ3n) is 6.15. The molecule has 0 saturated carbocycles. The van der Waals surface area contributed by atoms with Gasteiger partial charge in [0.05, 0.1) is 6.54 Å². The molecule has 1 aromatic heterocycles. The van der Waals surface area contributed by atoms with E-state index in [9.17, 15) is 14.4 Å². The molecule has 8 heteroatoms. The summed E-state index contributed by atoms with van der Waals surface area (Å²) < 4.78 is 1.33. The third kappa shape index (κ3) is 6.27. The number of H-pyrrole nitrogens is 1. The van der Waals surface area contributed by atoms with Crippen LogP contribution in [0.3, 0.4) is 0 Å². The van der Waals surface area contributed by atoms with Crippen molar-refractivity contribution in [3.8, 4) is 0 Å². The highest BCUT2D eigenvalue weighted by molar-refractivity contribution is 6.07. The van der Waals surface area contributed by atoms with E-state index in [1.54, 1.807) is 12.1 Å². The molecule has 3 aromatic rings. The standard InChI is InChI=1S/C27H35N5O3/c1-4-7-17-31-24(28)23(25(33)29-27(31)35)32(19-20-11-9-8-10-12-20)26(34)22-15-13-21(14-16-22)18-30(5-2)6-3/h8-16H,4-7,17-19,28H2,1-3H3,(H,29,33,35). The lowest BCUT2D eigenvalue weighted by molar-refractivity contribution is 0.0984. The summed E-state index contributed by atoms with van der Waals surface area (Å²) in [5.74, 6) is -0.365. The first-order valence-corrected chi connectivity index (χ1v) is 12.2. The molecule has 0 fully saturated rings. The average molecular weight is 478 g/mol. The number of nitrogens with zero attached hydrogens (tertiary/aromatic N) is 3. The molecule has 0 spiro atoms. The summed E-state index contributed by atoms with van der Waals surface area (Å²) >= 11 is 0. The van der Waals surface area contributed by atoms with Crippen molar-refractivity contribution < 1.29 is 4.79 Å². The molecule has 1 amide bonds. The summed E-state index contributed by atoms with van der Waals surface area (Å²) in [5.41, 5.74) is 7.47. The molecule has 1 heterocycles. The van der Waals surface area contributed by atoms with Crippen LogP contribution in [0.25, 0.3) is 0 Å². The number of rotatable bonds is 11. The van der Waals surface area contributed by atoms with Gasteiger partial charge >= 0.3 is 5.69 Å². The molecular weight excluding hydrogens is 442 g/mol. The van der Waals surface area contributed by atoms with E-state index in [2.05, 4.69) is 23.7 Å². The van der Waals surface area contributed by atoms with Crippen LogP contribution in [-0.2, 0) is 19.6 Å². The fraction of sp³-hybridized carbons (Fsp3) is 0.370. The Morgan fingerprint density at radius 3 is 2.14 bits per heavy atom. The Kier molecular flexibility index (Phi) is 9.03. The zero-order valence-corrected chi connectivity index (χ0v) is 20.8. The van der Waals surface area contributed by atoms with Crippen molar-refractivity contribution >= 4 is 17.4 Å². The predicted octanol–water partition coefficient (Wildman–Crippen LogP) is 3.61. The van der Waals surface area contributed by atoms with Crippen molar-refractivity contribution in [3.63, 3.8) is 0 Å². The highest BCUT2D eigenvalue weighted by atomic mass is 16.2. The highest BCUT2D eigenvalue weighted by Gasteiger charge is 2.25. The summed E-state index contributed by atoms with van der Waals surface area (Å²) in [6, 6.07) is 16.8. The van der Waals surface area contributed by atoms with Crippen LogP contribution in [0.15, 0.2) is 64.2 Å². The van der Waals surface area contributed by atoms with E-state index in [0.29, 0.717) is 12.1 Å². The van der Waals surface area contributed by atoms with Gasteiger partial charge in [0.15, 0.2) is 5.69 Å². The van der Waals surface area contributed by atoms with E-state index in [4.69, 9.17) is 5.73 Å². The van der Waals surface area contributed by atoms with E-state index in [-0.39, 0.29) is 24.0 Å². The van der Waals surface area contributed by atoms with Gasteiger partial charge < -0.3 is 5.73 Å². The van der Waals surface area contributed by atoms with E-state index in [1.165, 1.54) is 9.47 Å². The Balaban J connectivity index is 2.04. The number of aromatic amines is 1. The van der Waals surface area contributed by atoms with Crippen molar-refractivity contribution in [2.24, 2.45) is 0 Å². The average Bonchev–Trinajstić information content (AvgIpc) is 2.87. The number of hydrogen-bond donors (Lipinski definition) is 2. The first-order chi connectivity index (χ1) is 16.9. The Morgan fingerprint density at radius 1 is 0.914 bits per heavy atom. The number of amides is 1. The maximum Gasteiger partial charge on any atom is 0.330 e. The third-order valence-corrected chi connectivity index (χ3v) is 6.15. The van der Waals surface area contributed by atoms with Gasteiger partial charge in [0, 0.05) is 18.7 Å². The zero-order chi connectivity index (χ0) is 25.4. The number of carbonyl (C=O) groups is 1. The van der Waals surface area contributed by atoms with Crippen LogP contribution in [0.4, 0.5) is 11.5 Å². The lowest BCUT2D eigenvalue weighted by Gasteiger charge is -2.25. The number of nitrogens with one attached hydrogen (secondary N) is 1. The van der Waals surface area contributed by atoms with Crippen molar-refractivity contribution in [3.05, 3.63) is 92.1 Å². The molecule has 186 valence electrons. The number of anilines is 2. The second-order valence-corrected chi connectivity index (χ2v) is 8.53. The van der Waals surface area contributed by atoms with Crippen LogP contribution in [-0.4, -0.2) is 33.4 Å². The van der Waals surface area contributed by atoms with E-state index < -0.39 is 11.2 Å². The van der Waals surface area contributed by atoms with E-state index in [0.717, 1.165) is 43.6 Å². The Labute approximate surface area is 206 Å². The molecule has 0 aliphatic rings. The van der Waals surface area contributed by atoms with Crippen LogP contribution in [0.2, 0.25) is 0 Å². The van der Waals surface area contributed by atoms with Gasteiger partial charge in [-0.3, -0.25) is 28.9 Å². The summed E-state index contributed by atoms with van der Waals surface area (Å²) in [6.45, 7) is 9.41. The van der Waals surface area contributed by atoms with Gasteiger partial charge in [0.2, 0.25) is 0 Å². The van der Waals surface area contributed by atoms with Gasteiger partial charge in [-0.25, -0.2) is 4.79 Å². The quantitative estimate of drug-likeness (QED) is 0.439. The summed E-state index contributed by atoms with van der Waals surface area (Å²) in [4.78, 5) is 45.1. The van der Waals surface area contributed by atoms with Crippen molar-refractivity contribution in [2.75, 3.05) is 23.7 Å². The zero-order valence-electron chi connectivity index (χ0n) is 20.8. The number of hydrogen-bond acceptors (Lipinski definition) is 5. The minimum atomic E-state index is -0.678. The van der Waals surface area contributed by atoms with Crippen molar-refractivity contribution in [2.45, 2.75) is 53.2 Å². The number of nitrogens with two attached hydrogens (primary N) is 1. The van der Waals surface area contributed by atoms with Gasteiger partial charge in [-0.1, -0.05) is 69.7 Å². The molecule has 3 rings (SSSR count). The summed E-state index contributed by atoms with van der Waals surface area (Å²) in [5, 5.41) is 0. The topological polar surface area (TPSA) is 104 Å². The number of nitrogen functional groups attached to an aromatic ring is 1. The molecule has 2 aromatic carbocycles. The number of carbonyl (C=O) groups excluding carboxylic acids is 1. The van der Waals surface area contributed by atoms with Gasteiger partial charge in [0.1, 0.15) is 5.82 Å². The molecule has 35 heavy (non-hydrogen) atoms. The molecule has 3 N–H and O–H groups in total. The van der Waals surface area contributed by atoms with Crippen LogP contribution < -0.4 is 21.9 Å². The van der Waals surface area contributed by atoms with Crippen molar-refractivity contribution in [1.82, 2.24) is 14.5 Å². The number of benzene rings is 2. The fourth-order valence-electron chi connectivity index (χ4n) is 4.01. The van der Waals surface area contributed by atoms with Gasteiger partial charge in [-0.15, -0.1) is 0 Å². The molecule has 0 aliphatic heterocycles. The first-order valence-electron chi connectivity index (χ1n) is 12.2. The smallest absolute Gasteiger partial charge is 0.330 e. The summed E-state index contributed by atoms with van der Waals surface area (Å²) in [6.07, 6.45) is 1.57. The second kappa shape index (κ2) is 12.2. The number of aromatic nitrogens is 2. The van der Waals surface area contributed by atoms with Crippen LogP contribution >= 0.6 is 0 Å². The van der Waals surface area contributed by atoms with Crippen LogP contribution in [0.1, 0.15) is 55.1 Å². The SMILES string of the molecule is CCCCn1c(N)c(N(Cc2ccccc2)C(=O)c2ccc(CN(CC)CC)cc2)c(=O)[nH]c1=O. The Morgan fingerprint density at radius 2 is 1.54 bits per heavy atom. The monoisotopic (exact) mass is 477 g/mol. The molecule has 0 saturated heterocycles. The highest BCUT2D eigenvalue weighted by Crippen LogP contribution is 2.23. The molecule has 0 aliphatic carbocycles. The van der Waals surface area contributed by atoms with E-state index in [1.807, 2.05) is 49.4 Å². The largest absolute Gasteiger partial charge is 0.383 e. The van der Waals surface area contributed by atoms with Gasteiger partial charge in [-0.2, -0.15) is 0 Å². The lowest BCUT2D eigenvalue weighted by atomic mass is 10.1. The summed E-state index contributed by atoms with van der Waals surface area (Å²) in [7, 11) is 0. The molecular formula is C27H35N5O3. The first kappa shape index (κ1) is 26.0. The molecule has 0 bridgehead atoms. The van der Waals surface area contributed by atoms with Crippen molar-refractivity contribution in [1.29, 1.82) is 0 Å². The normalized spacial score (nSPS) is 11.1. The van der Waals surface area contributed by atoms with Crippen LogP contribution in [0.5, 0.6) is 0 Å². The number of unbranched alkanes of at least 4 members (excludes halogenated alkanes) is 1. The molecule has 0 atom stereocenters.